The van der Waals surface area contributed by atoms with Gasteiger partial charge in [0.15, 0.2) is 11.5 Å². The molecular weight excluding hydrogens is 410 g/mol. The van der Waals surface area contributed by atoms with Gasteiger partial charge in [-0.3, -0.25) is 15.0 Å². The zero-order valence-electron chi connectivity index (χ0n) is 18.0. The number of nitrogens with zero attached hydrogens (tertiary/aromatic N) is 5. The summed E-state index contributed by atoms with van der Waals surface area (Å²) >= 11 is 0. The Morgan fingerprint density at radius 2 is 1.72 bits per heavy atom. The Kier molecular flexibility index (Phi) is 5.81. The van der Waals surface area contributed by atoms with Crippen molar-refractivity contribution in [1.29, 1.82) is 0 Å². The van der Waals surface area contributed by atoms with E-state index in [1.54, 1.807) is 18.5 Å². The number of imidazole rings is 1. The van der Waals surface area contributed by atoms with Crippen molar-refractivity contribution < 1.29 is 14.4 Å². The molecule has 0 atom stereocenters. The molecule has 9 heteroatoms. The number of aryl methyl sites for hydroxylation is 1. The van der Waals surface area contributed by atoms with Crippen molar-refractivity contribution in [2.24, 2.45) is 0 Å². The Labute approximate surface area is 186 Å². The zero-order valence-corrected chi connectivity index (χ0v) is 18.0. The number of unbranched alkanes of at least 4 members (excludes halogenated alkanes) is 1. The molecule has 0 bridgehead atoms. The van der Waals surface area contributed by atoms with E-state index in [1.165, 1.54) is 11.8 Å². The molecular formula is C23H27N5O4. The van der Waals surface area contributed by atoms with Gasteiger partial charge in [0.1, 0.15) is 13.2 Å². The van der Waals surface area contributed by atoms with Crippen LogP contribution in [0.4, 0.5) is 11.4 Å². The van der Waals surface area contributed by atoms with Crippen LogP contribution in [0.3, 0.4) is 0 Å². The first-order valence-corrected chi connectivity index (χ1v) is 11.1. The van der Waals surface area contributed by atoms with Crippen LogP contribution in [-0.2, 0) is 6.54 Å². The number of aromatic nitrogens is 2. The van der Waals surface area contributed by atoms with Gasteiger partial charge in [0.05, 0.1) is 22.3 Å². The highest BCUT2D eigenvalue weighted by atomic mass is 16.6. The Balaban J connectivity index is 1.08. The Morgan fingerprint density at radius 3 is 2.53 bits per heavy atom. The number of nitro groups is 1. The van der Waals surface area contributed by atoms with E-state index in [4.69, 9.17) is 9.47 Å². The number of fused-ring (bicyclic) bond motifs is 2. The lowest BCUT2D eigenvalue weighted by atomic mass is 10.2. The van der Waals surface area contributed by atoms with Gasteiger partial charge >= 0.3 is 0 Å². The summed E-state index contributed by atoms with van der Waals surface area (Å²) in [7, 11) is 0. The maximum absolute atomic E-state index is 10.9. The first kappa shape index (κ1) is 20.6. The van der Waals surface area contributed by atoms with E-state index in [-0.39, 0.29) is 10.6 Å². The smallest absolute Gasteiger partial charge is 0.271 e. The van der Waals surface area contributed by atoms with Gasteiger partial charge in [0, 0.05) is 56.6 Å². The normalized spacial score (nSPS) is 16.4. The average molecular weight is 438 g/mol. The number of hydrogen-bond acceptors (Lipinski definition) is 7. The third-order valence-corrected chi connectivity index (χ3v) is 6.20. The molecule has 0 aliphatic carbocycles. The van der Waals surface area contributed by atoms with E-state index in [0.29, 0.717) is 18.7 Å². The third-order valence-electron chi connectivity index (χ3n) is 6.20. The van der Waals surface area contributed by atoms with Crippen LogP contribution in [0.15, 0.2) is 42.7 Å². The lowest BCUT2D eigenvalue weighted by Crippen LogP contribution is -2.46. The SMILES string of the molecule is O=[N+]([O-])c1ccc2c(c1)ncn2CCCCN1CCN(c2ccc3c(c2)OCCO3)CC1. The summed E-state index contributed by atoms with van der Waals surface area (Å²) in [4.78, 5) is 19.8. The summed E-state index contributed by atoms with van der Waals surface area (Å²) in [6, 6.07) is 11.1. The van der Waals surface area contributed by atoms with Crippen LogP contribution in [-0.4, -0.2) is 65.3 Å². The van der Waals surface area contributed by atoms with Gasteiger partial charge in [-0.15, -0.1) is 0 Å². The van der Waals surface area contributed by atoms with Crippen molar-refractivity contribution in [1.82, 2.24) is 14.5 Å². The Bertz CT molecular complexity index is 1110. The maximum Gasteiger partial charge on any atom is 0.271 e. The second-order valence-electron chi connectivity index (χ2n) is 8.23. The lowest BCUT2D eigenvalue weighted by molar-refractivity contribution is -0.384. The molecule has 0 saturated carbocycles. The summed E-state index contributed by atoms with van der Waals surface area (Å²) in [5.74, 6) is 1.68. The fraction of sp³-hybridized carbons (Fsp3) is 0.435. The van der Waals surface area contributed by atoms with Crippen molar-refractivity contribution in [3.63, 3.8) is 0 Å². The zero-order chi connectivity index (χ0) is 21.9. The summed E-state index contributed by atoms with van der Waals surface area (Å²) in [6.07, 6.45) is 3.93. The molecule has 1 aromatic heterocycles. The Morgan fingerprint density at radius 1 is 0.938 bits per heavy atom. The van der Waals surface area contributed by atoms with E-state index in [1.807, 2.05) is 6.07 Å². The molecule has 1 saturated heterocycles. The first-order chi connectivity index (χ1) is 15.7. The van der Waals surface area contributed by atoms with Crippen LogP contribution in [0, 0.1) is 10.1 Å². The van der Waals surface area contributed by atoms with E-state index in [9.17, 15) is 10.1 Å². The number of hydrogen-bond donors (Lipinski definition) is 0. The minimum Gasteiger partial charge on any atom is -0.486 e. The van der Waals surface area contributed by atoms with E-state index < -0.39 is 0 Å². The van der Waals surface area contributed by atoms with Crippen LogP contribution >= 0.6 is 0 Å². The molecule has 0 amide bonds. The lowest BCUT2D eigenvalue weighted by Gasteiger charge is -2.36. The summed E-state index contributed by atoms with van der Waals surface area (Å²) in [5, 5.41) is 10.9. The molecule has 32 heavy (non-hydrogen) atoms. The number of non-ortho nitro benzene ring substituents is 1. The molecule has 2 aromatic carbocycles. The van der Waals surface area contributed by atoms with Gasteiger partial charge in [-0.05, 0) is 37.6 Å². The minimum atomic E-state index is -0.383. The second-order valence-corrected chi connectivity index (χ2v) is 8.23. The van der Waals surface area contributed by atoms with E-state index in [2.05, 4.69) is 31.5 Å². The molecule has 0 N–H and O–H groups in total. The minimum absolute atomic E-state index is 0.0816. The van der Waals surface area contributed by atoms with Crippen molar-refractivity contribution >= 4 is 22.4 Å². The highest BCUT2D eigenvalue weighted by molar-refractivity contribution is 5.77. The molecule has 2 aliphatic rings. The number of nitro benzene ring substituents is 1. The average Bonchev–Trinajstić information content (AvgIpc) is 3.24. The van der Waals surface area contributed by atoms with Crippen molar-refractivity contribution in [2.45, 2.75) is 19.4 Å². The van der Waals surface area contributed by atoms with E-state index in [0.717, 1.165) is 69.1 Å². The van der Waals surface area contributed by atoms with Gasteiger partial charge < -0.3 is 18.9 Å². The first-order valence-electron chi connectivity index (χ1n) is 11.1. The number of rotatable bonds is 7. The standard InChI is InChI=1S/C23H27N5O4/c29-28(30)19-3-5-21-20(15-19)24-17-27(21)8-2-1-7-25-9-11-26(12-10-25)18-4-6-22-23(16-18)32-14-13-31-22/h3-6,15-17H,1-2,7-14H2. The van der Waals surface area contributed by atoms with Crippen LogP contribution in [0.5, 0.6) is 11.5 Å². The summed E-state index contributed by atoms with van der Waals surface area (Å²) < 4.78 is 13.4. The topological polar surface area (TPSA) is 85.9 Å². The molecule has 2 aliphatic heterocycles. The van der Waals surface area contributed by atoms with Crippen LogP contribution in [0.1, 0.15) is 12.8 Å². The van der Waals surface area contributed by atoms with Crippen molar-refractivity contribution in [3.8, 4) is 11.5 Å². The fourth-order valence-electron chi connectivity index (χ4n) is 4.42. The van der Waals surface area contributed by atoms with Gasteiger partial charge in [0.25, 0.3) is 5.69 Å². The largest absolute Gasteiger partial charge is 0.486 e. The monoisotopic (exact) mass is 437 g/mol. The van der Waals surface area contributed by atoms with Gasteiger partial charge in [0.2, 0.25) is 0 Å². The molecule has 0 radical (unpaired) electrons. The summed E-state index contributed by atoms with van der Waals surface area (Å²) in [5.41, 5.74) is 2.90. The molecule has 3 heterocycles. The van der Waals surface area contributed by atoms with Crippen LogP contribution in [0.25, 0.3) is 11.0 Å². The number of anilines is 1. The van der Waals surface area contributed by atoms with Gasteiger partial charge in [-0.1, -0.05) is 0 Å². The molecule has 9 nitrogen and oxygen atoms in total. The molecule has 1 fully saturated rings. The Hall–Kier alpha value is -3.33. The molecule has 5 rings (SSSR count). The van der Waals surface area contributed by atoms with Crippen LogP contribution < -0.4 is 14.4 Å². The second kappa shape index (κ2) is 9.04. The number of benzene rings is 2. The highest BCUT2D eigenvalue weighted by Gasteiger charge is 2.19. The predicted molar refractivity (Wildman–Crippen MR) is 122 cm³/mol. The fourth-order valence-corrected chi connectivity index (χ4v) is 4.42. The van der Waals surface area contributed by atoms with Gasteiger partial charge in [-0.2, -0.15) is 0 Å². The summed E-state index contributed by atoms with van der Waals surface area (Å²) in [6.45, 7) is 7.27. The van der Waals surface area contributed by atoms with Gasteiger partial charge in [-0.25, -0.2) is 4.98 Å². The van der Waals surface area contributed by atoms with Crippen molar-refractivity contribution in [2.75, 3.05) is 50.8 Å². The van der Waals surface area contributed by atoms with E-state index >= 15 is 0 Å². The molecule has 0 unspecified atom stereocenters. The molecule has 168 valence electrons. The highest BCUT2D eigenvalue weighted by Crippen LogP contribution is 2.34. The quantitative estimate of drug-likeness (QED) is 0.318. The van der Waals surface area contributed by atoms with Crippen LogP contribution in [0.2, 0.25) is 0 Å². The molecule has 0 spiro atoms. The third kappa shape index (κ3) is 4.34. The molecule has 3 aromatic rings. The number of piperazine rings is 1. The van der Waals surface area contributed by atoms with Crippen molar-refractivity contribution in [3.05, 3.63) is 52.8 Å². The number of ether oxygens (including phenoxy) is 2. The predicted octanol–water partition coefficient (Wildman–Crippen LogP) is 3.32. The maximum atomic E-state index is 10.9.